The van der Waals surface area contributed by atoms with Gasteiger partial charge in [0.2, 0.25) is 0 Å². The van der Waals surface area contributed by atoms with Gasteiger partial charge in [0.25, 0.3) is 6.47 Å². The number of carbonyl (C=O) groups excluding carboxylic acids is 1. The van der Waals surface area contributed by atoms with E-state index in [0.29, 0.717) is 13.1 Å². The van der Waals surface area contributed by atoms with Crippen LogP contribution in [0.5, 0.6) is 0 Å². The number of unbranched alkanes of at least 4 members (excludes halogenated alkanes) is 2. The summed E-state index contributed by atoms with van der Waals surface area (Å²) in [5, 5.41) is 0. The molecule has 0 heterocycles. The molecule has 0 aromatic rings. The van der Waals surface area contributed by atoms with Crippen molar-refractivity contribution in [2.45, 2.75) is 26.2 Å². The Labute approximate surface area is 61.9 Å². The molecule has 10 heavy (non-hydrogen) atoms. The fourth-order valence-corrected chi connectivity index (χ4v) is 0.603. The predicted octanol–water partition coefficient (Wildman–Crippen LogP) is 1.91. The van der Waals surface area contributed by atoms with Crippen LogP contribution in [-0.4, -0.2) is 13.1 Å². The van der Waals surface area contributed by atoms with E-state index in [9.17, 15) is 4.79 Å². The first-order chi connectivity index (χ1) is 4.91. The van der Waals surface area contributed by atoms with E-state index >= 15 is 0 Å². The Morgan fingerprint density at radius 1 is 1.40 bits per heavy atom. The Morgan fingerprint density at radius 3 is 2.80 bits per heavy atom. The Hall–Kier alpha value is -0.790. The number of rotatable bonds is 6. The molecule has 0 saturated heterocycles. The fraction of sp³-hybridized carbons (Fsp3) is 0.625. The molecular weight excluding hydrogens is 128 g/mol. The molecule has 0 aromatic carbocycles. The standard InChI is InChI=1S/C8H14O2/c1-2-3-4-5-6-7-10-8-9/h5-6,8H,2-4,7H2,1H3/b6-5+. The summed E-state index contributed by atoms with van der Waals surface area (Å²) in [6.45, 7) is 3.02. The van der Waals surface area contributed by atoms with Gasteiger partial charge in [0.15, 0.2) is 0 Å². The second-order valence-electron chi connectivity index (χ2n) is 2.04. The van der Waals surface area contributed by atoms with Crippen LogP contribution in [0.1, 0.15) is 26.2 Å². The highest BCUT2D eigenvalue weighted by Gasteiger charge is 1.77. The zero-order valence-corrected chi connectivity index (χ0v) is 6.38. The minimum Gasteiger partial charge on any atom is -0.464 e. The minimum absolute atomic E-state index is 0.410. The first-order valence-electron chi connectivity index (χ1n) is 3.62. The summed E-state index contributed by atoms with van der Waals surface area (Å²) in [5.41, 5.74) is 0. The van der Waals surface area contributed by atoms with Crippen LogP contribution in [0.25, 0.3) is 0 Å². The van der Waals surface area contributed by atoms with Gasteiger partial charge in [-0.15, -0.1) is 0 Å². The normalized spacial score (nSPS) is 10.1. The lowest BCUT2D eigenvalue weighted by Gasteiger charge is -1.89. The molecule has 0 radical (unpaired) electrons. The summed E-state index contributed by atoms with van der Waals surface area (Å²) in [4.78, 5) is 9.64. The Bertz CT molecular complexity index is 97.4. The van der Waals surface area contributed by atoms with Gasteiger partial charge in [-0.1, -0.05) is 31.9 Å². The molecule has 0 bridgehead atoms. The molecule has 58 valence electrons. The molecule has 0 aliphatic rings. The molecule has 0 fully saturated rings. The van der Waals surface area contributed by atoms with Gasteiger partial charge in [0, 0.05) is 0 Å². The third-order valence-electron chi connectivity index (χ3n) is 1.15. The second-order valence-corrected chi connectivity index (χ2v) is 2.04. The summed E-state index contributed by atoms with van der Waals surface area (Å²) < 4.78 is 4.45. The SMILES string of the molecule is CCCC/C=C/COC=O. The lowest BCUT2D eigenvalue weighted by Crippen LogP contribution is -1.84. The van der Waals surface area contributed by atoms with Gasteiger partial charge >= 0.3 is 0 Å². The average molecular weight is 142 g/mol. The van der Waals surface area contributed by atoms with Gasteiger partial charge in [-0.25, -0.2) is 0 Å². The Kier molecular flexibility index (Phi) is 7.56. The molecule has 0 N–H and O–H groups in total. The topological polar surface area (TPSA) is 26.3 Å². The first kappa shape index (κ1) is 9.21. The van der Waals surface area contributed by atoms with E-state index in [1.165, 1.54) is 12.8 Å². The Morgan fingerprint density at radius 2 is 2.20 bits per heavy atom. The summed E-state index contributed by atoms with van der Waals surface area (Å²) >= 11 is 0. The smallest absolute Gasteiger partial charge is 0.293 e. The lowest BCUT2D eigenvalue weighted by atomic mass is 10.2. The maximum Gasteiger partial charge on any atom is 0.293 e. The molecule has 2 nitrogen and oxygen atoms in total. The van der Waals surface area contributed by atoms with E-state index in [-0.39, 0.29) is 0 Å². The van der Waals surface area contributed by atoms with Crippen molar-refractivity contribution in [1.82, 2.24) is 0 Å². The summed E-state index contributed by atoms with van der Waals surface area (Å²) in [6, 6.07) is 0. The molecule has 0 saturated carbocycles. The molecule has 0 spiro atoms. The minimum atomic E-state index is 0.410. The third kappa shape index (κ3) is 7.21. The molecular formula is C8H14O2. The first-order valence-corrected chi connectivity index (χ1v) is 3.62. The second kappa shape index (κ2) is 8.21. The summed E-state index contributed by atoms with van der Waals surface area (Å²) in [6.07, 6.45) is 7.40. The molecule has 0 aliphatic heterocycles. The van der Waals surface area contributed by atoms with Gasteiger partial charge in [0.1, 0.15) is 6.61 Å². The van der Waals surface area contributed by atoms with Crippen molar-refractivity contribution >= 4 is 6.47 Å². The van der Waals surface area contributed by atoms with Crippen molar-refractivity contribution in [1.29, 1.82) is 0 Å². The molecule has 0 unspecified atom stereocenters. The number of hydrogen-bond donors (Lipinski definition) is 0. The monoisotopic (exact) mass is 142 g/mol. The molecule has 0 aliphatic carbocycles. The van der Waals surface area contributed by atoms with Crippen molar-refractivity contribution in [3.63, 3.8) is 0 Å². The van der Waals surface area contributed by atoms with Crippen molar-refractivity contribution in [3.8, 4) is 0 Å². The van der Waals surface area contributed by atoms with Gasteiger partial charge in [-0.3, -0.25) is 4.79 Å². The van der Waals surface area contributed by atoms with Gasteiger partial charge in [-0.05, 0) is 6.42 Å². The van der Waals surface area contributed by atoms with Gasteiger partial charge in [-0.2, -0.15) is 0 Å². The zero-order valence-electron chi connectivity index (χ0n) is 6.38. The predicted molar refractivity (Wildman–Crippen MR) is 40.7 cm³/mol. The van der Waals surface area contributed by atoms with E-state index < -0.39 is 0 Å². The van der Waals surface area contributed by atoms with Crippen molar-refractivity contribution in [2.24, 2.45) is 0 Å². The molecule has 0 atom stereocenters. The van der Waals surface area contributed by atoms with Crippen LogP contribution in [0.15, 0.2) is 12.2 Å². The maximum absolute atomic E-state index is 9.64. The van der Waals surface area contributed by atoms with Gasteiger partial charge in [0.05, 0.1) is 0 Å². The molecule has 0 amide bonds. The van der Waals surface area contributed by atoms with E-state index in [2.05, 4.69) is 11.7 Å². The summed E-state index contributed by atoms with van der Waals surface area (Å²) in [5.74, 6) is 0. The molecule has 0 rings (SSSR count). The zero-order chi connectivity index (χ0) is 7.66. The van der Waals surface area contributed by atoms with E-state index in [0.717, 1.165) is 6.42 Å². The molecule has 0 aromatic heterocycles. The average Bonchev–Trinajstić information content (AvgIpc) is 1.97. The molecule has 2 heteroatoms. The van der Waals surface area contributed by atoms with Crippen LogP contribution in [0, 0.1) is 0 Å². The van der Waals surface area contributed by atoms with Crippen molar-refractivity contribution in [3.05, 3.63) is 12.2 Å². The highest BCUT2D eigenvalue weighted by Crippen LogP contribution is 1.94. The van der Waals surface area contributed by atoms with Crippen LogP contribution in [0.3, 0.4) is 0 Å². The maximum atomic E-state index is 9.64. The Balaban J connectivity index is 2.96. The van der Waals surface area contributed by atoms with Crippen LogP contribution in [-0.2, 0) is 9.53 Å². The lowest BCUT2D eigenvalue weighted by molar-refractivity contribution is -0.127. The summed E-state index contributed by atoms with van der Waals surface area (Å²) in [7, 11) is 0. The number of hydrogen-bond acceptors (Lipinski definition) is 2. The van der Waals surface area contributed by atoms with Crippen LogP contribution in [0.2, 0.25) is 0 Å². The quantitative estimate of drug-likeness (QED) is 0.321. The largest absolute Gasteiger partial charge is 0.464 e. The van der Waals surface area contributed by atoms with E-state index in [4.69, 9.17) is 0 Å². The fourth-order valence-electron chi connectivity index (χ4n) is 0.603. The van der Waals surface area contributed by atoms with Crippen LogP contribution in [0.4, 0.5) is 0 Å². The van der Waals surface area contributed by atoms with E-state index in [1.54, 1.807) is 0 Å². The van der Waals surface area contributed by atoms with Crippen LogP contribution < -0.4 is 0 Å². The van der Waals surface area contributed by atoms with Crippen LogP contribution >= 0.6 is 0 Å². The number of carbonyl (C=O) groups is 1. The van der Waals surface area contributed by atoms with Crippen molar-refractivity contribution in [2.75, 3.05) is 6.61 Å². The van der Waals surface area contributed by atoms with Crippen molar-refractivity contribution < 1.29 is 9.53 Å². The third-order valence-corrected chi connectivity index (χ3v) is 1.15. The van der Waals surface area contributed by atoms with E-state index in [1.807, 2.05) is 12.2 Å². The highest BCUT2D eigenvalue weighted by molar-refractivity contribution is 5.37. The highest BCUT2D eigenvalue weighted by atomic mass is 16.5. The number of allylic oxidation sites excluding steroid dienone is 1. The number of ether oxygens (including phenoxy) is 1. The van der Waals surface area contributed by atoms with Gasteiger partial charge < -0.3 is 4.74 Å².